The van der Waals surface area contributed by atoms with Gasteiger partial charge in [-0.2, -0.15) is 0 Å². The van der Waals surface area contributed by atoms with Crippen LogP contribution in [0.2, 0.25) is 0 Å². The van der Waals surface area contributed by atoms with E-state index in [4.69, 9.17) is 12.2 Å². The zero-order chi connectivity index (χ0) is 26.5. The van der Waals surface area contributed by atoms with Crippen molar-refractivity contribution in [3.05, 3.63) is 114 Å². The van der Waals surface area contributed by atoms with Gasteiger partial charge in [0.15, 0.2) is 5.11 Å². The monoisotopic (exact) mass is 523 g/mol. The zero-order valence-electron chi connectivity index (χ0n) is 20.4. The summed E-state index contributed by atoms with van der Waals surface area (Å²) in [5, 5.41) is 5.18. The molecular formula is C29H25N5O3S. The second-order valence-electron chi connectivity index (χ2n) is 8.98. The summed E-state index contributed by atoms with van der Waals surface area (Å²) in [5.74, 6) is -0.999. The number of rotatable bonds is 7. The van der Waals surface area contributed by atoms with Crippen LogP contribution in [0.4, 0.5) is 0 Å². The number of hydrazine groups is 1. The third-order valence-corrected chi connectivity index (χ3v) is 6.65. The first-order valence-corrected chi connectivity index (χ1v) is 12.6. The largest absolute Gasteiger partial charge is 0.357 e. The number of aryl methyl sites for hydroxylation is 1. The molecular weight excluding hydrogens is 498 g/mol. The van der Waals surface area contributed by atoms with Gasteiger partial charge in [0.25, 0.3) is 17.7 Å². The molecule has 8 nitrogen and oxygen atoms in total. The topological polar surface area (TPSA) is 103 Å². The van der Waals surface area contributed by atoms with E-state index < -0.39 is 0 Å². The maximum Gasteiger partial charge on any atom is 0.269 e. The Bertz CT molecular complexity index is 1490. The Balaban J connectivity index is 1.24. The lowest BCUT2D eigenvalue weighted by Crippen LogP contribution is -2.53. The number of hydrogen-bond donors (Lipinski definition) is 3. The summed E-state index contributed by atoms with van der Waals surface area (Å²) >= 11 is 5.44. The number of carbonyl (C=O) groups is 3. The molecule has 1 aromatic heterocycles. The summed E-state index contributed by atoms with van der Waals surface area (Å²) in [4.78, 5) is 43.9. The van der Waals surface area contributed by atoms with Crippen molar-refractivity contribution in [1.82, 2.24) is 26.1 Å². The Kier molecular flexibility index (Phi) is 7.37. The predicted molar refractivity (Wildman–Crippen MR) is 148 cm³/mol. The number of benzene rings is 3. The van der Waals surface area contributed by atoms with Crippen molar-refractivity contribution in [3.63, 3.8) is 0 Å². The molecule has 1 aliphatic heterocycles. The highest BCUT2D eigenvalue weighted by Gasteiger charge is 2.36. The molecule has 0 bridgehead atoms. The number of fused-ring (bicyclic) bond motifs is 2. The van der Waals surface area contributed by atoms with Crippen molar-refractivity contribution in [2.45, 2.75) is 18.9 Å². The van der Waals surface area contributed by atoms with Crippen molar-refractivity contribution in [1.29, 1.82) is 0 Å². The minimum Gasteiger partial charge on any atom is -0.357 e. The number of amides is 3. The van der Waals surface area contributed by atoms with E-state index in [2.05, 4.69) is 21.2 Å². The second kappa shape index (κ2) is 11.2. The van der Waals surface area contributed by atoms with Gasteiger partial charge >= 0.3 is 0 Å². The van der Waals surface area contributed by atoms with Gasteiger partial charge in [-0.3, -0.25) is 35.1 Å². The number of nitrogens with one attached hydrogen (secondary N) is 3. The SMILES string of the molecule is O=C(NNC(=S)NC(CCc1ccccc1)CN1C(=O)c2ccccc2C1=O)c1ccc2cnccc2c1. The summed E-state index contributed by atoms with van der Waals surface area (Å²) in [6.07, 6.45) is 4.72. The molecule has 2 heterocycles. The van der Waals surface area contributed by atoms with Crippen LogP contribution in [0.3, 0.4) is 0 Å². The van der Waals surface area contributed by atoms with Gasteiger partial charge in [-0.05, 0) is 66.3 Å². The molecule has 1 unspecified atom stereocenters. The summed E-state index contributed by atoms with van der Waals surface area (Å²) in [7, 11) is 0. The maximum atomic E-state index is 12.9. The lowest BCUT2D eigenvalue weighted by atomic mass is 10.0. The van der Waals surface area contributed by atoms with E-state index in [9.17, 15) is 14.4 Å². The van der Waals surface area contributed by atoms with Crippen LogP contribution in [-0.4, -0.2) is 45.3 Å². The third-order valence-electron chi connectivity index (χ3n) is 6.43. The fraction of sp³-hybridized carbons (Fsp3) is 0.138. The van der Waals surface area contributed by atoms with Gasteiger partial charge in [-0.1, -0.05) is 48.5 Å². The van der Waals surface area contributed by atoms with E-state index in [1.807, 2.05) is 42.5 Å². The van der Waals surface area contributed by atoms with E-state index >= 15 is 0 Å². The van der Waals surface area contributed by atoms with E-state index in [1.54, 1.807) is 48.8 Å². The van der Waals surface area contributed by atoms with Crippen molar-refractivity contribution >= 4 is 45.8 Å². The quantitative estimate of drug-likeness (QED) is 0.193. The first kappa shape index (κ1) is 25.0. The van der Waals surface area contributed by atoms with Gasteiger partial charge in [0.1, 0.15) is 0 Å². The number of carbonyl (C=O) groups excluding carboxylic acids is 3. The molecule has 0 aliphatic carbocycles. The molecule has 38 heavy (non-hydrogen) atoms. The molecule has 3 N–H and O–H groups in total. The van der Waals surface area contributed by atoms with Crippen LogP contribution in [0.1, 0.15) is 43.1 Å². The summed E-state index contributed by atoms with van der Waals surface area (Å²) in [6, 6.07) is 23.5. The Morgan fingerprint density at radius 2 is 1.58 bits per heavy atom. The van der Waals surface area contributed by atoms with E-state index in [-0.39, 0.29) is 35.4 Å². The van der Waals surface area contributed by atoms with Crippen LogP contribution in [-0.2, 0) is 6.42 Å². The minimum atomic E-state index is -0.353. The molecule has 0 fully saturated rings. The van der Waals surface area contributed by atoms with Crippen LogP contribution in [0.15, 0.2) is 91.3 Å². The van der Waals surface area contributed by atoms with Gasteiger partial charge in [0, 0.05) is 35.9 Å². The van der Waals surface area contributed by atoms with Gasteiger partial charge in [0.05, 0.1) is 11.1 Å². The first-order chi connectivity index (χ1) is 18.5. The van der Waals surface area contributed by atoms with Crippen molar-refractivity contribution in [2.75, 3.05) is 6.54 Å². The highest BCUT2D eigenvalue weighted by molar-refractivity contribution is 7.80. The van der Waals surface area contributed by atoms with E-state index in [0.717, 1.165) is 16.3 Å². The highest BCUT2D eigenvalue weighted by Crippen LogP contribution is 2.23. The predicted octanol–water partition coefficient (Wildman–Crippen LogP) is 3.64. The Hall–Kier alpha value is -4.63. The fourth-order valence-electron chi connectivity index (χ4n) is 4.45. The molecule has 3 aromatic carbocycles. The standard InChI is InChI=1S/C29H25N5O3S/c35-26(21-11-12-22-17-30-15-14-20(22)16-21)32-33-29(38)31-23(13-10-19-6-2-1-3-7-19)18-34-27(36)24-8-4-5-9-25(24)28(34)37/h1-9,11-12,14-17,23H,10,13,18H2,(H,32,35)(H2,31,33,38). The normalized spacial score (nSPS) is 13.2. The molecule has 5 rings (SSSR count). The van der Waals surface area contributed by atoms with E-state index in [1.165, 1.54) is 4.90 Å². The molecule has 0 radical (unpaired) electrons. The van der Waals surface area contributed by atoms with Crippen LogP contribution in [0.25, 0.3) is 10.8 Å². The molecule has 0 saturated heterocycles. The molecule has 0 saturated carbocycles. The number of nitrogens with zero attached hydrogens (tertiary/aromatic N) is 2. The van der Waals surface area contributed by atoms with Gasteiger partial charge in [-0.15, -0.1) is 0 Å². The highest BCUT2D eigenvalue weighted by atomic mass is 32.1. The van der Waals surface area contributed by atoms with Crippen LogP contribution in [0.5, 0.6) is 0 Å². The Morgan fingerprint density at radius 1 is 0.868 bits per heavy atom. The molecule has 1 aliphatic rings. The molecule has 190 valence electrons. The average molecular weight is 524 g/mol. The second-order valence-corrected chi connectivity index (χ2v) is 9.39. The Morgan fingerprint density at radius 3 is 2.32 bits per heavy atom. The lowest BCUT2D eigenvalue weighted by Gasteiger charge is -2.25. The van der Waals surface area contributed by atoms with Gasteiger partial charge in [0.2, 0.25) is 0 Å². The minimum absolute atomic E-state index is 0.133. The first-order valence-electron chi connectivity index (χ1n) is 12.2. The van der Waals surface area contributed by atoms with Crippen LogP contribution in [0, 0.1) is 0 Å². The lowest BCUT2D eigenvalue weighted by molar-refractivity contribution is 0.0640. The van der Waals surface area contributed by atoms with Crippen LogP contribution >= 0.6 is 12.2 Å². The number of hydrogen-bond acceptors (Lipinski definition) is 5. The average Bonchev–Trinajstić information content (AvgIpc) is 3.19. The summed E-state index contributed by atoms with van der Waals surface area (Å²) in [5.41, 5.74) is 7.75. The zero-order valence-corrected chi connectivity index (χ0v) is 21.2. The van der Waals surface area contributed by atoms with Crippen molar-refractivity contribution in [3.8, 4) is 0 Å². The summed E-state index contributed by atoms with van der Waals surface area (Å²) in [6.45, 7) is 0.133. The fourth-order valence-corrected chi connectivity index (χ4v) is 4.67. The van der Waals surface area contributed by atoms with Gasteiger partial charge in [-0.25, -0.2) is 0 Å². The number of thiocarbonyl (C=S) groups is 1. The number of aromatic nitrogens is 1. The Labute approximate surface area is 225 Å². The van der Waals surface area contributed by atoms with Crippen molar-refractivity contribution < 1.29 is 14.4 Å². The molecule has 0 spiro atoms. The molecule has 9 heteroatoms. The van der Waals surface area contributed by atoms with Crippen LogP contribution < -0.4 is 16.2 Å². The molecule has 4 aromatic rings. The molecule has 3 amide bonds. The van der Waals surface area contributed by atoms with Gasteiger partial charge < -0.3 is 5.32 Å². The maximum absolute atomic E-state index is 12.9. The molecule has 1 atom stereocenters. The smallest absolute Gasteiger partial charge is 0.269 e. The van der Waals surface area contributed by atoms with E-state index in [0.29, 0.717) is 29.5 Å². The summed E-state index contributed by atoms with van der Waals surface area (Å²) < 4.78 is 0. The third kappa shape index (κ3) is 5.52. The van der Waals surface area contributed by atoms with Crippen molar-refractivity contribution in [2.24, 2.45) is 0 Å². The number of pyridine rings is 1. The number of imide groups is 1.